The van der Waals surface area contributed by atoms with Gasteiger partial charge < -0.3 is 21.9 Å². The number of nitrogens with one attached hydrogen (secondary N) is 1. The summed E-state index contributed by atoms with van der Waals surface area (Å²) >= 11 is 0. The molecule has 1 rings (SSSR count). The fourth-order valence-corrected chi connectivity index (χ4v) is 1.04. The largest absolute Gasteiger partial charge is 0.395 e. The van der Waals surface area contributed by atoms with Gasteiger partial charge in [-0.2, -0.15) is 0 Å². The monoisotopic (exact) mass is 231 g/mol. The number of hydrogen-bond donors (Lipinski definition) is 4. The maximum Gasteiger partial charge on any atom is 0.248 e. The Labute approximate surface area is 90.0 Å². The first-order valence-corrected chi connectivity index (χ1v) is 4.37. The topological polar surface area (TPSA) is 101 Å². The molecule has 88 valence electrons. The van der Waals surface area contributed by atoms with Crippen LogP contribution < -0.4 is 16.8 Å². The number of amides is 1. The summed E-state index contributed by atoms with van der Waals surface area (Å²) in [6, 6.07) is 1.58. The van der Waals surface area contributed by atoms with Crippen molar-refractivity contribution in [3.8, 4) is 0 Å². The molecule has 0 aliphatic rings. The van der Waals surface area contributed by atoms with Gasteiger partial charge in [-0.1, -0.05) is 0 Å². The number of nitrogens with two attached hydrogens (primary N) is 2. The van der Waals surface area contributed by atoms with Gasteiger partial charge in [-0.3, -0.25) is 4.79 Å². The lowest BCUT2D eigenvalue weighted by atomic mass is 10.2. The van der Waals surface area contributed by atoms with E-state index in [1.165, 1.54) is 0 Å². The van der Waals surface area contributed by atoms with Crippen LogP contribution in [0.4, 0.5) is 20.2 Å². The number of rotatable bonds is 4. The zero-order valence-electron chi connectivity index (χ0n) is 8.21. The van der Waals surface area contributed by atoms with Crippen molar-refractivity contribution in [2.24, 2.45) is 5.73 Å². The van der Waals surface area contributed by atoms with Crippen LogP contribution in [0.1, 0.15) is 0 Å². The molecule has 7 heteroatoms. The van der Waals surface area contributed by atoms with Crippen LogP contribution in [0, 0.1) is 11.6 Å². The van der Waals surface area contributed by atoms with E-state index >= 15 is 0 Å². The number of halogens is 2. The summed E-state index contributed by atoms with van der Waals surface area (Å²) in [7, 11) is 0. The quantitative estimate of drug-likeness (QED) is 0.539. The molecule has 0 bridgehead atoms. The summed E-state index contributed by atoms with van der Waals surface area (Å²) in [4.78, 5) is 10.5. The third-order valence-corrected chi connectivity index (χ3v) is 1.91. The molecule has 0 aliphatic heterocycles. The Morgan fingerprint density at radius 2 is 2.12 bits per heavy atom. The van der Waals surface area contributed by atoms with Gasteiger partial charge in [-0.25, -0.2) is 8.78 Å². The average molecular weight is 231 g/mol. The van der Waals surface area contributed by atoms with Gasteiger partial charge in [0.05, 0.1) is 11.4 Å². The Bertz CT molecular complexity index is 412. The zero-order chi connectivity index (χ0) is 12.3. The Hall–Kier alpha value is -1.89. The Morgan fingerprint density at radius 1 is 1.50 bits per heavy atom. The molecule has 1 amide bonds. The van der Waals surface area contributed by atoms with Gasteiger partial charge in [0.15, 0.2) is 5.82 Å². The molecule has 1 unspecified atom stereocenters. The number of anilines is 2. The molecule has 1 aromatic carbocycles. The van der Waals surface area contributed by atoms with E-state index in [0.717, 1.165) is 6.07 Å². The second kappa shape index (κ2) is 4.75. The molecule has 0 spiro atoms. The van der Waals surface area contributed by atoms with Crippen LogP contribution >= 0.6 is 0 Å². The van der Waals surface area contributed by atoms with Gasteiger partial charge in [0.2, 0.25) is 5.91 Å². The molecule has 5 nitrogen and oxygen atoms in total. The van der Waals surface area contributed by atoms with Gasteiger partial charge in [-0.15, -0.1) is 0 Å². The molecule has 0 saturated carbocycles. The number of carbonyl (C=O) groups excluding carboxylic acids is 1. The lowest BCUT2D eigenvalue weighted by Gasteiger charge is -2.12. The maximum absolute atomic E-state index is 13.0. The van der Waals surface area contributed by atoms with Crippen molar-refractivity contribution >= 4 is 17.3 Å². The van der Waals surface area contributed by atoms with E-state index in [0.29, 0.717) is 6.07 Å². The Balaban J connectivity index is 2.78. The number of benzene rings is 1. The second-order valence-corrected chi connectivity index (χ2v) is 3.15. The number of hydrogen-bond acceptors (Lipinski definition) is 4. The lowest BCUT2D eigenvalue weighted by Crippen LogP contribution is -2.34. The molecule has 0 aromatic heterocycles. The minimum absolute atomic E-state index is 0.0437. The van der Waals surface area contributed by atoms with Gasteiger partial charge in [0, 0.05) is 12.6 Å². The molecule has 0 fully saturated rings. The van der Waals surface area contributed by atoms with Crippen molar-refractivity contribution in [2.45, 2.75) is 6.10 Å². The van der Waals surface area contributed by atoms with Crippen LogP contribution in [-0.2, 0) is 4.79 Å². The molecule has 0 aliphatic carbocycles. The number of nitrogen functional groups attached to an aromatic ring is 1. The van der Waals surface area contributed by atoms with Crippen molar-refractivity contribution in [2.75, 3.05) is 17.6 Å². The summed E-state index contributed by atoms with van der Waals surface area (Å²) in [6.45, 7) is -0.275. The Morgan fingerprint density at radius 3 is 2.69 bits per heavy atom. The molecule has 0 heterocycles. The van der Waals surface area contributed by atoms with E-state index in [4.69, 9.17) is 16.6 Å². The first kappa shape index (κ1) is 12.2. The van der Waals surface area contributed by atoms with Crippen molar-refractivity contribution in [1.82, 2.24) is 0 Å². The summed E-state index contributed by atoms with van der Waals surface area (Å²) in [5.41, 5.74) is 9.76. The fourth-order valence-electron chi connectivity index (χ4n) is 1.04. The summed E-state index contributed by atoms with van der Waals surface area (Å²) in [5.74, 6) is -2.68. The average Bonchev–Trinajstić information content (AvgIpc) is 2.20. The summed E-state index contributed by atoms with van der Waals surface area (Å²) < 4.78 is 25.8. The van der Waals surface area contributed by atoms with Gasteiger partial charge in [0.25, 0.3) is 0 Å². The minimum atomic E-state index is -1.45. The molecule has 0 radical (unpaired) electrons. The van der Waals surface area contributed by atoms with Gasteiger partial charge >= 0.3 is 0 Å². The zero-order valence-corrected chi connectivity index (χ0v) is 8.21. The first-order chi connectivity index (χ1) is 7.41. The van der Waals surface area contributed by atoms with Crippen molar-refractivity contribution in [1.29, 1.82) is 0 Å². The van der Waals surface area contributed by atoms with E-state index < -0.39 is 23.6 Å². The van der Waals surface area contributed by atoms with Crippen LogP contribution in [0.2, 0.25) is 0 Å². The predicted octanol–water partition coefficient (Wildman–Crippen LogP) is -0.195. The van der Waals surface area contributed by atoms with Gasteiger partial charge in [0.1, 0.15) is 11.9 Å². The highest BCUT2D eigenvalue weighted by Gasteiger charge is 2.13. The Kier molecular flexibility index (Phi) is 3.62. The number of aliphatic hydroxyl groups is 1. The maximum atomic E-state index is 13.0. The van der Waals surface area contributed by atoms with Crippen LogP contribution in [0.5, 0.6) is 0 Å². The number of primary amides is 1. The smallest absolute Gasteiger partial charge is 0.248 e. The third kappa shape index (κ3) is 2.80. The molecular formula is C9H11F2N3O2. The van der Waals surface area contributed by atoms with E-state index in [9.17, 15) is 13.6 Å². The first-order valence-electron chi connectivity index (χ1n) is 4.37. The fraction of sp³-hybridized carbons (Fsp3) is 0.222. The highest BCUT2D eigenvalue weighted by Crippen LogP contribution is 2.23. The molecule has 0 saturated heterocycles. The predicted molar refractivity (Wildman–Crippen MR) is 54.5 cm³/mol. The van der Waals surface area contributed by atoms with Crippen LogP contribution in [0.3, 0.4) is 0 Å². The van der Waals surface area contributed by atoms with Crippen LogP contribution in [0.15, 0.2) is 12.1 Å². The number of aliphatic hydroxyl groups excluding tert-OH is 1. The summed E-state index contributed by atoms with van der Waals surface area (Å²) in [5, 5.41) is 11.5. The van der Waals surface area contributed by atoms with E-state index in [-0.39, 0.29) is 17.9 Å². The second-order valence-electron chi connectivity index (χ2n) is 3.15. The normalized spacial score (nSPS) is 12.2. The highest BCUT2D eigenvalue weighted by atomic mass is 19.1. The molecular weight excluding hydrogens is 220 g/mol. The highest BCUT2D eigenvalue weighted by molar-refractivity contribution is 5.79. The standard InChI is InChI=1S/C9H11F2N3O2/c10-4-1-5(11)8(12)6(2-4)14-3-7(15)9(13)16/h1-2,7,14-15H,3,12H2,(H2,13,16). The minimum Gasteiger partial charge on any atom is -0.395 e. The van der Waals surface area contributed by atoms with Gasteiger partial charge in [-0.05, 0) is 6.07 Å². The number of carbonyl (C=O) groups is 1. The molecule has 1 atom stereocenters. The summed E-state index contributed by atoms with van der Waals surface area (Å²) in [6.07, 6.45) is -1.45. The van der Waals surface area contributed by atoms with Crippen molar-refractivity contribution < 1.29 is 18.7 Å². The lowest BCUT2D eigenvalue weighted by molar-refractivity contribution is -0.125. The van der Waals surface area contributed by atoms with E-state index in [1.54, 1.807) is 0 Å². The van der Waals surface area contributed by atoms with E-state index in [2.05, 4.69) is 5.32 Å². The third-order valence-electron chi connectivity index (χ3n) is 1.91. The molecule has 1 aromatic rings. The molecule has 16 heavy (non-hydrogen) atoms. The SMILES string of the molecule is NC(=O)C(O)CNc1cc(F)cc(F)c1N. The van der Waals surface area contributed by atoms with Crippen molar-refractivity contribution in [3.63, 3.8) is 0 Å². The van der Waals surface area contributed by atoms with Crippen LogP contribution in [-0.4, -0.2) is 23.7 Å². The van der Waals surface area contributed by atoms with E-state index in [1.807, 2.05) is 0 Å². The van der Waals surface area contributed by atoms with Crippen molar-refractivity contribution in [3.05, 3.63) is 23.8 Å². The molecule has 6 N–H and O–H groups in total. The van der Waals surface area contributed by atoms with Crippen LogP contribution in [0.25, 0.3) is 0 Å².